The van der Waals surface area contributed by atoms with E-state index >= 15 is 0 Å². The van der Waals surface area contributed by atoms with Crippen molar-refractivity contribution in [3.63, 3.8) is 0 Å². The minimum Gasteiger partial charge on any atom is -0.495 e. The number of morpholine rings is 1. The summed E-state index contributed by atoms with van der Waals surface area (Å²) in [5.41, 5.74) is 1.12. The van der Waals surface area contributed by atoms with Crippen molar-refractivity contribution < 1.29 is 31.9 Å². The molecule has 1 aliphatic rings. The number of fused-ring (bicyclic) bond motifs is 1. The van der Waals surface area contributed by atoms with E-state index in [4.69, 9.17) is 18.7 Å². The Kier molecular flexibility index (Phi) is 8.34. The van der Waals surface area contributed by atoms with Gasteiger partial charge in [-0.3, -0.25) is 14.4 Å². The molecule has 1 fully saturated rings. The number of aromatic nitrogens is 1. The van der Waals surface area contributed by atoms with E-state index in [1.54, 1.807) is 25.1 Å². The summed E-state index contributed by atoms with van der Waals surface area (Å²) in [6.07, 6.45) is 0. The third-order valence-corrected chi connectivity index (χ3v) is 7.50. The van der Waals surface area contributed by atoms with Gasteiger partial charge in [-0.25, -0.2) is 8.42 Å². The van der Waals surface area contributed by atoms with Crippen molar-refractivity contribution in [2.75, 3.05) is 57.8 Å². The summed E-state index contributed by atoms with van der Waals surface area (Å²) in [6.45, 7) is 5.63. The van der Waals surface area contributed by atoms with Crippen molar-refractivity contribution in [3.05, 3.63) is 40.5 Å². The Hall–Kier alpha value is -2.87. The molecule has 2 aromatic carbocycles. The van der Waals surface area contributed by atoms with Crippen LogP contribution in [0.3, 0.4) is 0 Å². The summed E-state index contributed by atoms with van der Waals surface area (Å²) >= 11 is 3.29. The van der Waals surface area contributed by atoms with E-state index in [2.05, 4.69) is 36.0 Å². The molecule has 0 radical (unpaired) electrons. The van der Waals surface area contributed by atoms with Gasteiger partial charge in [0.15, 0.2) is 12.2 Å². The molecule has 0 saturated carbocycles. The fourth-order valence-electron chi connectivity index (χ4n) is 3.72. The number of aryl methyl sites for hydroxylation is 1. The van der Waals surface area contributed by atoms with E-state index in [1.165, 1.54) is 19.2 Å². The van der Waals surface area contributed by atoms with Gasteiger partial charge in [-0.1, -0.05) is 21.1 Å². The van der Waals surface area contributed by atoms with Crippen molar-refractivity contribution in [1.82, 2.24) is 15.4 Å². The van der Waals surface area contributed by atoms with Crippen molar-refractivity contribution in [1.29, 1.82) is 0 Å². The van der Waals surface area contributed by atoms with Crippen LogP contribution in [0.15, 0.2) is 44.2 Å². The van der Waals surface area contributed by atoms with Gasteiger partial charge in [-0.15, -0.1) is 0 Å². The number of methoxy groups -OCH3 is 1. The molecule has 1 saturated heterocycles. The second-order valence-electron chi connectivity index (χ2n) is 8.11. The van der Waals surface area contributed by atoms with E-state index in [-0.39, 0.29) is 34.6 Å². The first kappa shape index (κ1) is 26.2. The fraction of sp³-hybridized carbons (Fsp3) is 0.391. The van der Waals surface area contributed by atoms with Gasteiger partial charge in [0.05, 0.1) is 31.7 Å². The third-order valence-electron chi connectivity index (χ3n) is 5.62. The molecule has 11 nitrogen and oxygen atoms in total. The first-order valence-electron chi connectivity index (χ1n) is 11.2. The quantitative estimate of drug-likeness (QED) is 0.370. The molecule has 0 unspecified atom stereocenters. The highest BCUT2D eigenvalue weighted by Crippen LogP contribution is 2.35. The summed E-state index contributed by atoms with van der Waals surface area (Å²) in [5, 5.41) is 7.35. The Balaban J connectivity index is 1.50. The van der Waals surface area contributed by atoms with Crippen molar-refractivity contribution >= 4 is 48.5 Å². The summed E-state index contributed by atoms with van der Waals surface area (Å²) in [4.78, 5) is 14.5. The van der Waals surface area contributed by atoms with Gasteiger partial charge in [-0.2, -0.15) is 0 Å². The molecule has 0 aliphatic carbocycles. The summed E-state index contributed by atoms with van der Waals surface area (Å²) in [5.74, 6) is -0.0332. The number of carbonyl (C=O) groups excluding carboxylic acids is 1. The molecule has 1 aromatic heterocycles. The molecule has 194 valence electrons. The number of carbonyl (C=O) groups is 1. The highest BCUT2D eigenvalue weighted by molar-refractivity contribution is 9.10. The zero-order valence-corrected chi connectivity index (χ0v) is 22.3. The maximum absolute atomic E-state index is 13.3. The minimum absolute atomic E-state index is 0.0617. The molecule has 3 aromatic rings. The second kappa shape index (κ2) is 11.5. The molecular formula is C23H27BrN4O7S. The predicted molar refractivity (Wildman–Crippen MR) is 136 cm³/mol. The van der Waals surface area contributed by atoms with Crippen LogP contribution in [0.4, 0.5) is 5.69 Å². The Labute approximate surface area is 217 Å². The molecule has 1 amide bonds. The summed E-state index contributed by atoms with van der Waals surface area (Å²) in [7, 11) is -2.69. The maximum Gasteiger partial charge on any atom is 0.265 e. The molecule has 13 heteroatoms. The van der Waals surface area contributed by atoms with E-state index in [0.29, 0.717) is 47.4 Å². The van der Waals surface area contributed by atoms with Gasteiger partial charge in [0.2, 0.25) is 0 Å². The van der Waals surface area contributed by atoms with Crippen LogP contribution in [-0.2, 0) is 19.6 Å². The smallest absolute Gasteiger partial charge is 0.265 e. The van der Waals surface area contributed by atoms with Gasteiger partial charge in [0.25, 0.3) is 15.9 Å². The van der Waals surface area contributed by atoms with Gasteiger partial charge >= 0.3 is 0 Å². The van der Waals surface area contributed by atoms with Crippen LogP contribution in [-0.4, -0.2) is 77.5 Å². The molecule has 2 heterocycles. The average molecular weight is 583 g/mol. The van der Waals surface area contributed by atoms with Gasteiger partial charge in [-0.05, 0) is 31.2 Å². The van der Waals surface area contributed by atoms with Crippen LogP contribution in [0.5, 0.6) is 11.5 Å². The highest BCUT2D eigenvalue weighted by atomic mass is 79.9. The normalized spacial score (nSPS) is 14.5. The Morgan fingerprint density at radius 1 is 1.19 bits per heavy atom. The number of rotatable bonds is 10. The number of sulfonamides is 1. The Morgan fingerprint density at radius 3 is 2.72 bits per heavy atom. The van der Waals surface area contributed by atoms with Gasteiger partial charge in [0.1, 0.15) is 16.4 Å². The number of hydrogen-bond donors (Lipinski definition) is 2. The lowest BCUT2D eigenvalue weighted by atomic mass is 10.2. The number of amides is 1. The van der Waals surface area contributed by atoms with Crippen molar-refractivity contribution in [2.24, 2.45) is 0 Å². The number of ether oxygens (including phenoxy) is 3. The van der Waals surface area contributed by atoms with Gasteiger partial charge < -0.3 is 24.1 Å². The highest BCUT2D eigenvalue weighted by Gasteiger charge is 2.23. The largest absolute Gasteiger partial charge is 0.495 e. The lowest BCUT2D eigenvalue weighted by Gasteiger charge is -2.26. The Bertz CT molecular complexity index is 1340. The van der Waals surface area contributed by atoms with Crippen LogP contribution in [0.25, 0.3) is 11.0 Å². The number of halogens is 1. The number of nitrogens with zero attached hydrogens (tertiary/aromatic N) is 2. The number of nitrogens with one attached hydrogen (secondary N) is 2. The maximum atomic E-state index is 13.3. The standard InChI is InChI=1S/C23H27BrN4O7S/c1-15-17-12-18(27-36(30,31)22-11-16(24)3-4-19(22)32-2)21(13-20(17)35-26-15)34-14-23(29)25-5-6-28-7-9-33-10-8-28/h3-4,11-13,27H,5-10,14H2,1-2H3,(H,25,29). The SMILES string of the molecule is COc1ccc(Br)cc1S(=O)(=O)Nc1cc2c(C)noc2cc1OCC(=O)NCCN1CCOCC1. The van der Waals surface area contributed by atoms with E-state index in [1.807, 2.05) is 0 Å². The molecule has 1 aliphatic heterocycles. The summed E-state index contributed by atoms with van der Waals surface area (Å²) < 4.78 is 51.2. The van der Waals surface area contributed by atoms with E-state index in [9.17, 15) is 13.2 Å². The second-order valence-corrected chi connectivity index (χ2v) is 10.7. The monoisotopic (exact) mass is 582 g/mol. The fourth-order valence-corrected chi connectivity index (χ4v) is 5.49. The molecule has 0 spiro atoms. The van der Waals surface area contributed by atoms with Crippen molar-refractivity contribution in [2.45, 2.75) is 11.8 Å². The van der Waals surface area contributed by atoms with Crippen LogP contribution in [0, 0.1) is 6.92 Å². The van der Waals surface area contributed by atoms with Crippen LogP contribution >= 0.6 is 15.9 Å². The minimum atomic E-state index is -4.08. The van der Waals surface area contributed by atoms with Crippen molar-refractivity contribution in [3.8, 4) is 11.5 Å². The molecular weight excluding hydrogens is 556 g/mol. The number of benzene rings is 2. The van der Waals surface area contributed by atoms with Crippen LogP contribution < -0.4 is 19.5 Å². The van der Waals surface area contributed by atoms with E-state index in [0.717, 1.165) is 13.1 Å². The molecule has 2 N–H and O–H groups in total. The van der Waals surface area contributed by atoms with E-state index < -0.39 is 10.0 Å². The van der Waals surface area contributed by atoms with Crippen LogP contribution in [0.2, 0.25) is 0 Å². The molecule has 0 atom stereocenters. The zero-order chi connectivity index (χ0) is 25.7. The zero-order valence-electron chi connectivity index (χ0n) is 19.9. The topological polar surface area (TPSA) is 132 Å². The first-order valence-corrected chi connectivity index (χ1v) is 13.5. The molecule has 0 bridgehead atoms. The van der Waals surface area contributed by atoms with Crippen LogP contribution in [0.1, 0.15) is 5.69 Å². The number of anilines is 1. The Morgan fingerprint density at radius 2 is 1.97 bits per heavy atom. The molecule has 36 heavy (non-hydrogen) atoms. The number of hydrogen-bond acceptors (Lipinski definition) is 9. The average Bonchev–Trinajstić information content (AvgIpc) is 3.22. The summed E-state index contributed by atoms with van der Waals surface area (Å²) in [6, 6.07) is 7.73. The predicted octanol–water partition coefficient (Wildman–Crippen LogP) is 2.54. The van der Waals surface area contributed by atoms with Gasteiger partial charge in [0, 0.05) is 42.1 Å². The molecule has 4 rings (SSSR count). The first-order chi connectivity index (χ1) is 17.3. The lowest BCUT2D eigenvalue weighted by Crippen LogP contribution is -2.42. The lowest BCUT2D eigenvalue weighted by molar-refractivity contribution is -0.123. The third kappa shape index (κ3) is 6.27.